The fourth-order valence-electron chi connectivity index (χ4n) is 0.210. The first-order valence-corrected chi connectivity index (χ1v) is 2.13. The second-order valence-corrected chi connectivity index (χ2v) is 1.07. The topological polar surface area (TPSA) is 33.1 Å². The molecular weight excluding hydrogens is 88.9 g/mol. The number of hydrogen-bond acceptors (Lipinski definition) is 2. The summed E-state index contributed by atoms with van der Waals surface area (Å²) in [4.78, 5) is 0. The Hall–Kier alpha value is -0.595. The molecule has 0 unspecified atom stereocenters. The Kier molecular flexibility index (Phi) is 4.95. The molecule has 1 N–H and O–H groups in total. The molecule has 0 aliphatic carbocycles. The monoisotopic (exact) mass is 97.1 g/mol. The first kappa shape index (κ1) is 6.40. The zero-order chi connectivity index (χ0) is 5.54. The molecule has 0 amide bonds. The summed E-state index contributed by atoms with van der Waals surface area (Å²) in [7, 11) is 0.934. The molecule has 7 heavy (non-hydrogen) atoms. The minimum absolute atomic E-state index is 0.576. The number of rotatable bonds is 4. The van der Waals surface area contributed by atoms with E-state index in [0.29, 0.717) is 6.61 Å². The van der Waals surface area contributed by atoms with Crippen LogP contribution in [0.2, 0.25) is 0 Å². The average Bonchev–Trinajstić information content (AvgIpc) is 1.69. The average molecular weight is 96.9 g/mol. The molecule has 2 nitrogen and oxygen atoms in total. The summed E-state index contributed by atoms with van der Waals surface area (Å²) in [6.07, 6.45) is 2.57. The summed E-state index contributed by atoms with van der Waals surface area (Å²) in [6, 6.07) is 0. The van der Waals surface area contributed by atoms with Crippen LogP contribution >= 0.6 is 0 Å². The van der Waals surface area contributed by atoms with Gasteiger partial charge in [-0.3, -0.25) is 0 Å². The Morgan fingerprint density at radius 2 is 2.57 bits per heavy atom. The Morgan fingerprint density at radius 1 is 1.86 bits per heavy atom. The van der Waals surface area contributed by atoms with Crippen LogP contribution in [0.5, 0.6) is 0 Å². The van der Waals surface area contributed by atoms with Gasteiger partial charge in [0.2, 0.25) is 0 Å². The molecule has 0 atom stereocenters. The third kappa shape index (κ3) is 5.40. The molecule has 0 aromatic heterocycles. The van der Waals surface area contributed by atoms with Gasteiger partial charge in [0, 0.05) is 0 Å². The fourth-order valence-corrected chi connectivity index (χ4v) is 0.210. The van der Waals surface area contributed by atoms with Gasteiger partial charge in [0.25, 0.3) is 0 Å². The van der Waals surface area contributed by atoms with Crippen LogP contribution in [-0.4, -0.2) is 13.9 Å². The van der Waals surface area contributed by atoms with Gasteiger partial charge in [0.1, 0.15) is 0 Å². The maximum absolute atomic E-state index is 6.40. The first-order valence-electron chi connectivity index (χ1n) is 2.13. The van der Waals surface area contributed by atoms with E-state index in [0.717, 1.165) is 13.7 Å². The van der Waals surface area contributed by atoms with E-state index in [1.807, 2.05) is 0 Å². The minimum atomic E-state index is 0.576. The van der Waals surface area contributed by atoms with Crippen molar-refractivity contribution in [2.75, 3.05) is 6.61 Å². The van der Waals surface area contributed by atoms with Crippen molar-refractivity contribution in [1.29, 1.82) is 5.31 Å². The van der Waals surface area contributed by atoms with Crippen LogP contribution in [0, 0.1) is 5.31 Å². The van der Waals surface area contributed by atoms with Crippen LogP contribution in [0.1, 0.15) is 6.42 Å². The standard InChI is InChI=1S/C4H8BNO/c1-2-3-4-7-5-6/h2,6H,1,3-4H2. The molecule has 0 spiro atoms. The van der Waals surface area contributed by atoms with Crippen LogP contribution in [0.15, 0.2) is 12.7 Å². The zero-order valence-corrected chi connectivity index (χ0v) is 4.18. The number of nitrogens with one attached hydrogen (secondary N) is 1. The SMILES string of the molecule is C=CCCOB=N. The van der Waals surface area contributed by atoms with Gasteiger partial charge in [0.05, 0.1) is 0 Å². The summed E-state index contributed by atoms with van der Waals surface area (Å²) in [5.74, 6) is 0. The molecule has 0 saturated heterocycles. The molecule has 0 fully saturated rings. The Bertz CT molecular complexity index is 56.7. The second kappa shape index (κ2) is 5.40. The molecule has 0 aromatic carbocycles. The van der Waals surface area contributed by atoms with Crippen LogP contribution < -0.4 is 0 Å². The van der Waals surface area contributed by atoms with E-state index < -0.39 is 0 Å². The molecule has 0 aliphatic heterocycles. The van der Waals surface area contributed by atoms with Crippen LogP contribution in [-0.2, 0) is 4.65 Å². The van der Waals surface area contributed by atoms with Gasteiger partial charge in [-0.25, -0.2) is 0 Å². The molecule has 0 heterocycles. The predicted octanol–water partition coefficient (Wildman–Crippen LogP) is 0.961. The molecule has 0 rings (SSSR count). The molecule has 0 saturated carbocycles. The third-order valence-corrected chi connectivity index (χ3v) is 0.523. The van der Waals surface area contributed by atoms with E-state index in [4.69, 9.17) is 5.31 Å². The Balaban J connectivity index is 2.68. The summed E-state index contributed by atoms with van der Waals surface area (Å²) in [6.45, 7) is 4.05. The van der Waals surface area contributed by atoms with Gasteiger partial charge in [-0.15, -0.1) is 0 Å². The van der Waals surface area contributed by atoms with Crippen LogP contribution in [0.4, 0.5) is 0 Å². The zero-order valence-electron chi connectivity index (χ0n) is 4.18. The van der Waals surface area contributed by atoms with Gasteiger partial charge >= 0.3 is 42.9 Å². The van der Waals surface area contributed by atoms with Crippen molar-refractivity contribution in [3.05, 3.63) is 12.7 Å². The molecular formula is C4H8BNO. The maximum atomic E-state index is 6.40. The van der Waals surface area contributed by atoms with Gasteiger partial charge in [-0.2, -0.15) is 0 Å². The van der Waals surface area contributed by atoms with Crippen molar-refractivity contribution >= 4 is 7.27 Å². The van der Waals surface area contributed by atoms with Crippen LogP contribution in [0.3, 0.4) is 0 Å². The van der Waals surface area contributed by atoms with E-state index >= 15 is 0 Å². The van der Waals surface area contributed by atoms with Crippen molar-refractivity contribution < 1.29 is 4.65 Å². The molecule has 0 bridgehead atoms. The molecule has 0 aromatic rings. The molecule has 0 aliphatic rings. The fraction of sp³-hybridized carbons (Fsp3) is 0.500. The van der Waals surface area contributed by atoms with Crippen molar-refractivity contribution in [3.63, 3.8) is 0 Å². The van der Waals surface area contributed by atoms with Crippen molar-refractivity contribution in [2.45, 2.75) is 6.42 Å². The van der Waals surface area contributed by atoms with E-state index in [-0.39, 0.29) is 0 Å². The number of hydrogen-bond donors (Lipinski definition) is 1. The van der Waals surface area contributed by atoms with E-state index in [2.05, 4.69) is 11.2 Å². The van der Waals surface area contributed by atoms with E-state index in [1.165, 1.54) is 0 Å². The van der Waals surface area contributed by atoms with Gasteiger partial charge in [0.15, 0.2) is 0 Å². The van der Waals surface area contributed by atoms with Crippen LogP contribution in [0.25, 0.3) is 0 Å². The Labute approximate surface area is 44.0 Å². The molecule has 38 valence electrons. The normalized spacial score (nSPS) is 6.86. The molecule has 3 heteroatoms. The quantitative estimate of drug-likeness (QED) is 0.316. The second-order valence-electron chi connectivity index (χ2n) is 1.07. The van der Waals surface area contributed by atoms with E-state index in [1.54, 1.807) is 6.08 Å². The van der Waals surface area contributed by atoms with Crippen molar-refractivity contribution in [3.8, 4) is 0 Å². The van der Waals surface area contributed by atoms with E-state index in [9.17, 15) is 0 Å². The summed E-state index contributed by atoms with van der Waals surface area (Å²) >= 11 is 0. The molecule has 0 radical (unpaired) electrons. The Morgan fingerprint density at radius 3 is 3.00 bits per heavy atom. The van der Waals surface area contributed by atoms with Gasteiger partial charge in [-0.05, 0) is 0 Å². The third-order valence-electron chi connectivity index (χ3n) is 0.523. The van der Waals surface area contributed by atoms with Gasteiger partial charge in [-0.1, -0.05) is 0 Å². The first-order chi connectivity index (χ1) is 3.41. The summed E-state index contributed by atoms with van der Waals surface area (Å²) in [5.41, 5.74) is 0. The summed E-state index contributed by atoms with van der Waals surface area (Å²) in [5, 5.41) is 6.40. The van der Waals surface area contributed by atoms with Crippen molar-refractivity contribution in [1.82, 2.24) is 0 Å². The van der Waals surface area contributed by atoms with Gasteiger partial charge < -0.3 is 0 Å². The van der Waals surface area contributed by atoms with Crippen molar-refractivity contribution in [2.24, 2.45) is 0 Å². The predicted molar refractivity (Wildman–Crippen MR) is 29.2 cm³/mol. The summed E-state index contributed by atoms with van der Waals surface area (Å²) < 4.78 is 4.54.